The molecular weight excluding hydrogens is 258 g/mol. The molecule has 0 aliphatic heterocycles. The summed E-state index contributed by atoms with van der Waals surface area (Å²) in [6.45, 7) is 2.14. The first-order valence-electron chi connectivity index (χ1n) is 7.39. The van der Waals surface area contributed by atoms with Crippen molar-refractivity contribution in [3.8, 4) is 0 Å². The van der Waals surface area contributed by atoms with E-state index in [0.717, 1.165) is 24.1 Å². The molecule has 108 valence electrons. The van der Waals surface area contributed by atoms with Crippen LogP contribution in [-0.2, 0) is 19.0 Å². The number of para-hydroxylation sites is 1. The van der Waals surface area contributed by atoms with Crippen LogP contribution >= 0.6 is 0 Å². The fraction of sp³-hybridized carbons (Fsp3) is 0.278. The van der Waals surface area contributed by atoms with Crippen molar-refractivity contribution in [1.29, 1.82) is 0 Å². The molecule has 1 atom stereocenters. The van der Waals surface area contributed by atoms with Gasteiger partial charge in [0, 0.05) is 24.4 Å². The Labute approximate surface area is 125 Å². The second kappa shape index (κ2) is 5.34. The van der Waals surface area contributed by atoms with Crippen molar-refractivity contribution >= 4 is 10.9 Å². The fourth-order valence-electron chi connectivity index (χ4n) is 2.92. The molecule has 3 heteroatoms. The third kappa shape index (κ3) is 2.45. The Morgan fingerprint density at radius 1 is 1.05 bits per heavy atom. The highest BCUT2D eigenvalue weighted by atomic mass is 15.3. The van der Waals surface area contributed by atoms with Gasteiger partial charge in [-0.2, -0.15) is 5.10 Å². The summed E-state index contributed by atoms with van der Waals surface area (Å²) in [5, 5.41) is 5.88. The Hall–Kier alpha value is -2.13. The van der Waals surface area contributed by atoms with Gasteiger partial charge < -0.3 is 5.73 Å². The van der Waals surface area contributed by atoms with Gasteiger partial charge in [-0.3, -0.25) is 4.68 Å². The van der Waals surface area contributed by atoms with Gasteiger partial charge in [0.1, 0.15) is 0 Å². The second-order valence-corrected chi connectivity index (χ2v) is 5.64. The maximum atomic E-state index is 6.70. The number of benzene rings is 2. The van der Waals surface area contributed by atoms with Gasteiger partial charge >= 0.3 is 0 Å². The molecule has 0 aliphatic carbocycles. The van der Waals surface area contributed by atoms with Crippen LogP contribution in [-0.4, -0.2) is 9.78 Å². The molecule has 0 saturated carbocycles. The molecule has 21 heavy (non-hydrogen) atoms. The van der Waals surface area contributed by atoms with E-state index >= 15 is 0 Å². The van der Waals surface area contributed by atoms with Crippen molar-refractivity contribution < 1.29 is 0 Å². The maximum Gasteiger partial charge on any atom is 0.0725 e. The SMILES string of the molecule is CCC(N)(Cc1nn(C)c2ccccc12)c1ccccc1. The molecule has 1 heterocycles. The minimum Gasteiger partial charge on any atom is -0.321 e. The molecule has 3 nitrogen and oxygen atoms in total. The summed E-state index contributed by atoms with van der Waals surface area (Å²) >= 11 is 0. The van der Waals surface area contributed by atoms with Crippen molar-refractivity contribution in [2.45, 2.75) is 25.3 Å². The fourth-order valence-corrected chi connectivity index (χ4v) is 2.92. The lowest BCUT2D eigenvalue weighted by Gasteiger charge is -2.28. The first-order valence-corrected chi connectivity index (χ1v) is 7.39. The van der Waals surface area contributed by atoms with Gasteiger partial charge in [-0.25, -0.2) is 0 Å². The molecular formula is C18H21N3. The molecule has 3 aromatic rings. The second-order valence-electron chi connectivity index (χ2n) is 5.64. The van der Waals surface area contributed by atoms with E-state index in [2.05, 4.69) is 42.4 Å². The van der Waals surface area contributed by atoms with E-state index in [1.807, 2.05) is 36.0 Å². The van der Waals surface area contributed by atoms with E-state index in [9.17, 15) is 0 Å². The Bertz CT molecular complexity index is 746. The molecule has 0 radical (unpaired) electrons. The molecule has 1 unspecified atom stereocenters. The summed E-state index contributed by atoms with van der Waals surface area (Å²) in [5.41, 5.74) is 9.72. The van der Waals surface area contributed by atoms with Crippen molar-refractivity contribution in [2.24, 2.45) is 12.8 Å². The summed E-state index contributed by atoms with van der Waals surface area (Å²) < 4.78 is 1.94. The van der Waals surface area contributed by atoms with Gasteiger partial charge in [-0.1, -0.05) is 55.5 Å². The molecule has 0 aliphatic rings. The average molecular weight is 279 g/mol. The lowest BCUT2D eigenvalue weighted by Crippen LogP contribution is -2.38. The summed E-state index contributed by atoms with van der Waals surface area (Å²) in [6, 6.07) is 18.6. The van der Waals surface area contributed by atoms with E-state index in [1.165, 1.54) is 10.9 Å². The first-order chi connectivity index (χ1) is 10.1. The maximum absolute atomic E-state index is 6.70. The number of hydrogen-bond donors (Lipinski definition) is 1. The van der Waals surface area contributed by atoms with Crippen LogP contribution in [0.2, 0.25) is 0 Å². The predicted molar refractivity (Wildman–Crippen MR) is 87.0 cm³/mol. The van der Waals surface area contributed by atoms with Crippen LogP contribution < -0.4 is 5.73 Å². The highest BCUT2D eigenvalue weighted by molar-refractivity contribution is 5.82. The molecule has 0 fully saturated rings. The van der Waals surface area contributed by atoms with Crippen molar-refractivity contribution in [3.63, 3.8) is 0 Å². The standard InChI is InChI=1S/C18H21N3/c1-3-18(19,14-9-5-4-6-10-14)13-16-15-11-7-8-12-17(15)21(2)20-16/h4-12H,3,13,19H2,1-2H3. The molecule has 1 aromatic heterocycles. The number of fused-ring (bicyclic) bond motifs is 1. The van der Waals surface area contributed by atoms with Gasteiger partial charge in [-0.05, 0) is 18.1 Å². The van der Waals surface area contributed by atoms with Crippen molar-refractivity contribution in [3.05, 3.63) is 65.9 Å². The van der Waals surface area contributed by atoms with E-state index in [4.69, 9.17) is 5.73 Å². The molecule has 2 N–H and O–H groups in total. The van der Waals surface area contributed by atoms with Gasteiger partial charge in [0.15, 0.2) is 0 Å². The van der Waals surface area contributed by atoms with Crippen LogP contribution in [0, 0.1) is 0 Å². The van der Waals surface area contributed by atoms with E-state index < -0.39 is 0 Å². The van der Waals surface area contributed by atoms with Gasteiger partial charge in [0.2, 0.25) is 0 Å². The monoisotopic (exact) mass is 279 g/mol. The Morgan fingerprint density at radius 2 is 1.71 bits per heavy atom. The summed E-state index contributed by atoms with van der Waals surface area (Å²) in [7, 11) is 1.98. The van der Waals surface area contributed by atoms with Crippen LogP contribution in [0.3, 0.4) is 0 Å². The largest absolute Gasteiger partial charge is 0.321 e. The molecule has 0 amide bonds. The molecule has 0 saturated heterocycles. The number of nitrogens with two attached hydrogens (primary N) is 1. The number of rotatable bonds is 4. The lowest BCUT2D eigenvalue weighted by atomic mass is 9.83. The van der Waals surface area contributed by atoms with Crippen molar-refractivity contribution in [2.75, 3.05) is 0 Å². The van der Waals surface area contributed by atoms with E-state index in [-0.39, 0.29) is 5.54 Å². The lowest BCUT2D eigenvalue weighted by molar-refractivity contribution is 0.419. The zero-order valence-electron chi connectivity index (χ0n) is 12.6. The summed E-state index contributed by atoms with van der Waals surface area (Å²) in [6.07, 6.45) is 1.62. The summed E-state index contributed by atoms with van der Waals surface area (Å²) in [4.78, 5) is 0. The zero-order chi connectivity index (χ0) is 14.9. The van der Waals surface area contributed by atoms with Crippen LogP contribution in [0.15, 0.2) is 54.6 Å². The zero-order valence-corrected chi connectivity index (χ0v) is 12.6. The average Bonchev–Trinajstić information content (AvgIpc) is 2.85. The number of aromatic nitrogens is 2. The van der Waals surface area contributed by atoms with Gasteiger partial charge in [0.05, 0.1) is 11.2 Å². The minimum absolute atomic E-state index is 0.377. The minimum atomic E-state index is -0.377. The molecule has 3 rings (SSSR count). The van der Waals surface area contributed by atoms with E-state index in [0.29, 0.717) is 0 Å². The third-order valence-electron chi connectivity index (χ3n) is 4.30. The van der Waals surface area contributed by atoms with Crippen LogP contribution in [0.1, 0.15) is 24.6 Å². The number of aryl methyl sites for hydroxylation is 1. The van der Waals surface area contributed by atoms with Gasteiger partial charge in [0.25, 0.3) is 0 Å². The third-order valence-corrected chi connectivity index (χ3v) is 4.30. The highest BCUT2D eigenvalue weighted by Gasteiger charge is 2.27. The quantitative estimate of drug-likeness (QED) is 0.795. The molecule has 0 bridgehead atoms. The Balaban J connectivity index is 2.04. The van der Waals surface area contributed by atoms with Crippen molar-refractivity contribution in [1.82, 2.24) is 9.78 Å². The Morgan fingerprint density at radius 3 is 2.43 bits per heavy atom. The molecule has 0 spiro atoms. The Kier molecular flexibility index (Phi) is 3.52. The first kappa shape index (κ1) is 13.8. The number of hydrogen-bond acceptors (Lipinski definition) is 2. The van der Waals surface area contributed by atoms with Crippen LogP contribution in [0.4, 0.5) is 0 Å². The number of nitrogens with zero attached hydrogens (tertiary/aromatic N) is 2. The smallest absolute Gasteiger partial charge is 0.0725 e. The van der Waals surface area contributed by atoms with Gasteiger partial charge in [-0.15, -0.1) is 0 Å². The molecule has 2 aromatic carbocycles. The van der Waals surface area contributed by atoms with Crippen LogP contribution in [0.5, 0.6) is 0 Å². The topological polar surface area (TPSA) is 43.8 Å². The normalized spacial score (nSPS) is 14.2. The highest BCUT2D eigenvalue weighted by Crippen LogP contribution is 2.29. The van der Waals surface area contributed by atoms with E-state index in [1.54, 1.807) is 0 Å². The predicted octanol–water partition coefficient (Wildman–Crippen LogP) is 3.38. The van der Waals surface area contributed by atoms with Crippen LogP contribution in [0.25, 0.3) is 10.9 Å². The summed E-state index contributed by atoms with van der Waals surface area (Å²) in [5.74, 6) is 0.